The van der Waals surface area contributed by atoms with Crippen molar-refractivity contribution in [3.05, 3.63) is 57.0 Å². The van der Waals surface area contributed by atoms with Crippen LogP contribution in [-0.4, -0.2) is 27.5 Å². The van der Waals surface area contributed by atoms with Gasteiger partial charge in [0, 0.05) is 34.8 Å². The standard InChI is InChI=1S/C20H22BrN3O2S/c1-3-11-24(14(2)16-6-4-5-7-17(16)21)19(25)9-8-18-22-20(23-26-18)15-10-12-27-13-15/h4-7,10,12-14H,3,8-9,11H2,1-2H3. The van der Waals surface area contributed by atoms with E-state index in [4.69, 9.17) is 4.52 Å². The van der Waals surface area contributed by atoms with E-state index in [1.54, 1.807) is 11.3 Å². The first-order chi connectivity index (χ1) is 13.1. The van der Waals surface area contributed by atoms with Gasteiger partial charge in [0.05, 0.1) is 6.04 Å². The minimum Gasteiger partial charge on any atom is -0.339 e. The van der Waals surface area contributed by atoms with Gasteiger partial charge in [0.1, 0.15) is 0 Å². The molecule has 0 aliphatic heterocycles. The van der Waals surface area contributed by atoms with Gasteiger partial charge in [-0.1, -0.05) is 46.2 Å². The van der Waals surface area contributed by atoms with Crippen LogP contribution in [0, 0.1) is 0 Å². The maximum atomic E-state index is 12.9. The number of hydrogen-bond donors (Lipinski definition) is 0. The van der Waals surface area contributed by atoms with Crippen molar-refractivity contribution in [1.82, 2.24) is 15.0 Å². The summed E-state index contributed by atoms with van der Waals surface area (Å²) >= 11 is 5.18. The summed E-state index contributed by atoms with van der Waals surface area (Å²) in [4.78, 5) is 19.2. The molecule has 7 heteroatoms. The minimum absolute atomic E-state index is 0.00271. The zero-order valence-electron chi connectivity index (χ0n) is 15.4. The number of halogens is 1. The Kier molecular flexibility index (Phi) is 6.79. The molecular formula is C20H22BrN3O2S. The lowest BCUT2D eigenvalue weighted by Crippen LogP contribution is -2.34. The normalized spacial score (nSPS) is 12.1. The van der Waals surface area contributed by atoms with Crippen molar-refractivity contribution in [2.45, 2.75) is 39.2 Å². The molecule has 27 heavy (non-hydrogen) atoms. The number of aryl methyl sites for hydroxylation is 1. The summed E-state index contributed by atoms with van der Waals surface area (Å²) in [6.07, 6.45) is 1.70. The zero-order valence-corrected chi connectivity index (χ0v) is 17.8. The van der Waals surface area contributed by atoms with Crippen molar-refractivity contribution < 1.29 is 9.32 Å². The number of benzene rings is 1. The van der Waals surface area contributed by atoms with Crippen LogP contribution >= 0.6 is 27.3 Å². The second-order valence-electron chi connectivity index (χ2n) is 6.31. The smallest absolute Gasteiger partial charge is 0.227 e. The van der Waals surface area contributed by atoms with Crippen LogP contribution in [0.25, 0.3) is 11.4 Å². The topological polar surface area (TPSA) is 59.2 Å². The number of amides is 1. The van der Waals surface area contributed by atoms with Gasteiger partial charge < -0.3 is 9.42 Å². The number of hydrogen-bond acceptors (Lipinski definition) is 5. The molecule has 0 bridgehead atoms. The van der Waals surface area contributed by atoms with E-state index in [1.165, 1.54) is 0 Å². The summed E-state index contributed by atoms with van der Waals surface area (Å²) in [6, 6.07) is 9.98. The molecule has 3 rings (SSSR count). The van der Waals surface area contributed by atoms with Gasteiger partial charge >= 0.3 is 0 Å². The number of carbonyl (C=O) groups excluding carboxylic acids is 1. The van der Waals surface area contributed by atoms with E-state index >= 15 is 0 Å². The fourth-order valence-corrected chi connectivity index (χ4v) is 4.23. The number of rotatable bonds is 8. The lowest BCUT2D eigenvalue weighted by molar-refractivity contribution is -0.133. The maximum absolute atomic E-state index is 12.9. The predicted octanol–water partition coefficient (Wildman–Crippen LogP) is 5.49. The molecule has 1 aromatic carbocycles. The van der Waals surface area contributed by atoms with Gasteiger partial charge in [-0.2, -0.15) is 16.3 Å². The van der Waals surface area contributed by atoms with Gasteiger partial charge in [-0.05, 0) is 36.4 Å². The van der Waals surface area contributed by atoms with Gasteiger partial charge in [-0.25, -0.2) is 0 Å². The Labute approximate surface area is 171 Å². The first kappa shape index (κ1) is 19.8. The summed E-state index contributed by atoms with van der Waals surface area (Å²) in [5.74, 6) is 1.16. The molecule has 0 radical (unpaired) electrons. The molecule has 1 unspecified atom stereocenters. The second-order valence-corrected chi connectivity index (χ2v) is 7.94. The van der Waals surface area contributed by atoms with E-state index in [9.17, 15) is 4.79 Å². The fourth-order valence-electron chi connectivity index (χ4n) is 2.98. The molecule has 5 nitrogen and oxygen atoms in total. The SMILES string of the molecule is CCCN(C(=O)CCc1nc(-c2ccsc2)no1)C(C)c1ccccc1Br. The highest BCUT2D eigenvalue weighted by molar-refractivity contribution is 9.10. The van der Waals surface area contributed by atoms with Crippen LogP contribution in [-0.2, 0) is 11.2 Å². The molecule has 2 aromatic heterocycles. The maximum Gasteiger partial charge on any atom is 0.227 e. The first-order valence-corrected chi connectivity index (χ1v) is 10.7. The van der Waals surface area contributed by atoms with Crippen molar-refractivity contribution >= 4 is 33.2 Å². The molecule has 0 saturated heterocycles. The molecule has 0 spiro atoms. The quantitative estimate of drug-likeness (QED) is 0.457. The average molecular weight is 448 g/mol. The zero-order chi connectivity index (χ0) is 19.2. The number of thiophene rings is 1. The highest BCUT2D eigenvalue weighted by Crippen LogP contribution is 2.28. The molecule has 0 N–H and O–H groups in total. The molecule has 1 atom stereocenters. The van der Waals surface area contributed by atoms with Crippen LogP contribution in [0.15, 0.2) is 50.1 Å². The van der Waals surface area contributed by atoms with E-state index in [0.29, 0.717) is 31.1 Å². The molecule has 0 aliphatic carbocycles. The van der Waals surface area contributed by atoms with E-state index < -0.39 is 0 Å². The number of nitrogens with zero attached hydrogens (tertiary/aromatic N) is 3. The van der Waals surface area contributed by atoms with Gasteiger partial charge in [0.2, 0.25) is 17.6 Å². The van der Waals surface area contributed by atoms with Crippen LogP contribution in [0.5, 0.6) is 0 Å². The second kappa shape index (κ2) is 9.28. The highest BCUT2D eigenvalue weighted by atomic mass is 79.9. The van der Waals surface area contributed by atoms with Crippen LogP contribution in [0.2, 0.25) is 0 Å². The molecule has 0 fully saturated rings. The fraction of sp³-hybridized carbons (Fsp3) is 0.350. The summed E-state index contributed by atoms with van der Waals surface area (Å²) in [7, 11) is 0. The Morgan fingerprint density at radius 3 is 2.85 bits per heavy atom. The summed E-state index contributed by atoms with van der Waals surface area (Å²) in [6.45, 7) is 4.86. The van der Waals surface area contributed by atoms with Gasteiger partial charge in [-0.15, -0.1) is 0 Å². The van der Waals surface area contributed by atoms with E-state index in [1.807, 2.05) is 39.9 Å². The lowest BCUT2D eigenvalue weighted by Gasteiger charge is -2.30. The molecule has 142 valence electrons. The number of aromatic nitrogens is 2. The Hall–Kier alpha value is -1.99. The number of carbonyl (C=O) groups is 1. The van der Waals surface area contributed by atoms with Gasteiger partial charge in [0.25, 0.3) is 0 Å². The van der Waals surface area contributed by atoms with Crippen molar-refractivity contribution in [3.63, 3.8) is 0 Å². The third-order valence-electron chi connectivity index (χ3n) is 4.41. The van der Waals surface area contributed by atoms with Crippen molar-refractivity contribution in [2.75, 3.05) is 6.54 Å². The molecule has 0 aliphatic rings. The van der Waals surface area contributed by atoms with E-state index in [-0.39, 0.29) is 11.9 Å². The van der Waals surface area contributed by atoms with E-state index in [2.05, 4.69) is 46.0 Å². The van der Waals surface area contributed by atoms with Gasteiger partial charge in [-0.3, -0.25) is 4.79 Å². The molecule has 1 amide bonds. The van der Waals surface area contributed by atoms with Crippen molar-refractivity contribution in [3.8, 4) is 11.4 Å². The molecule has 3 aromatic rings. The Morgan fingerprint density at radius 2 is 2.15 bits per heavy atom. The summed E-state index contributed by atoms with van der Waals surface area (Å²) < 4.78 is 6.33. The van der Waals surface area contributed by atoms with Crippen LogP contribution < -0.4 is 0 Å². The Bertz CT molecular complexity index is 879. The Morgan fingerprint density at radius 1 is 1.33 bits per heavy atom. The highest BCUT2D eigenvalue weighted by Gasteiger charge is 2.22. The minimum atomic E-state index is -0.00271. The predicted molar refractivity (Wildman–Crippen MR) is 110 cm³/mol. The molecular weight excluding hydrogens is 426 g/mol. The van der Waals surface area contributed by atoms with Crippen LogP contribution in [0.4, 0.5) is 0 Å². The van der Waals surface area contributed by atoms with Gasteiger partial charge in [0.15, 0.2) is 0 Å². The average Bonchev–Trinajstić information content (AvgIpc) is 3.35. The van der Waals surface area contributed by atoms with E-state index in [0.717, 1.165) is 22.0 Å². The third-order valence-corrected chi connectivity index (χ3v) is 5.81. The van der Waals surface area contributed by atoms with Crippen LogP contribution in [0.1, 0.15) is 44.2 Å². The monoisotopic (exact) mass is 447 g/mol. The summed E-state index contributed by atoms with van der Waals surface area (Å²) in [5, 5.41) is 7.95. The molecule has 0 saturated carbocycles. The first-order valence-electron chi connectivity index (χ1n) is 8.99. The largest absolute Gasteiger partial charge is 0.339 e. The van der Waals surface area contributed by atoms with Crippen molar-refractivity contribution in [1.29, 1.82) is 0 Å². The Balaban J connectivity index is 1.66. The third kappa shape index (κ3) is 4.84. The lowest BCUT2D eigenvalue weighted by atomic mass is 10.1. The van der Waals surface area contributed by atoms with Crippen LogP contribution in [0.3, 0.4) is 0 Å². The van der Waals surface area contributed by atoms with Crippen molar-refractivity contribution in [2.24, 2.45) is 0 Å². The molecule has 2 heterocycles. The summed E-state index contributed by atoms with van der Waals surface area (Å²) in [5.41, 5.74) is 2.05.